The summed E-state index contributed by atoms with van der Waals surface area (Å²) in [4.78, 5) is 11.0. The van der Waals surface area contributed by atoms with E-state index in [2.05, 4.69) is 4.37 Å². The molecule has 58 valence electrons. The van der Waals surface area contributed by atoms with E-state index in [1.807, 2.05) is 24.3 Å². The van der Waals surface area contributed by atoms with E-state index in [4.69, 9.17) is 0 Å². The molecule has 0 saturated heterocycles. The Labute approximate surface area is 85.6 Å². The Balaban J connectivity index is 0.000000605. The zero-order chi connectivity index (χ0) is 6.97. The van der Waals surface area contributed by atoms with Gasteiger partial charge in [0.1, 0.15) is 0 Å². The molecule has 0 bridgehead atoms. The van der Waals surface area contributed by atoms with Crippen LogP contribution in [0.25, 0.3) is 10.9 Å². The third-order valence-corrected chi connectivity index (χ3v) is 2.13. The maximum Gasteiger partial charge on any atom is 2.00 e. The Morgan fingerprint density at radius 1 is 1.25 bits per heavy atom. The summed E-state index contributed by atoms with van der Waals surface area (Å²) in [6.45, 7) is 0. The third-order valence-electron chi connectivity index (χ3n) is 1.40. The van der Waals surface area contributed by atoms with Gasteiger partial charge in [0.2, 0.25) is 0 Å². The Morgan fingerprint density at radius 2 is 1.92 bits per heavy atom. The zero-order valence-electron chi connectivity index (χ0n) is 6.24. The number of hydrogen-bond donors (Lipinski definition) is 1. The monoisotopic (exact) mass is 231 g/mol. The molecule has 0 fully saturated rings. The molecule has 0 saturated carbocycles. The number of H-pyrrole nitrogens is 1. The number of hydrogen-bond acceptors (Lipinski definition) is 2. The van der Waals surface area contributed by atoms with Gasteiger partial charge in [-0.3, -0.25) is 4.79 Å². The minimum atomic E-state index is 0. The summed E-state index contributed by atoms with van der Waals surface area (Å²) >= 11 is 1.14. The van der Waals surface area contributed by atoms with Crippen molar-refractivity contribution in [2.75, 3.05) is 0 Å². The van der Waals surface area contributed by atoms with Crippen molar-refractivity contribution in [2.45, 2.75) is 0 Å². The first-order valence-corrected chi connectivity index (χ1v) is 3.76. The minimum absolute atomic E-state index is 0. The molecule has 1 aromatic carbocycles. The van der Waals surface area contributed by atoms with Crippen LogP contribution in [0.4, 0.5) is 0 Å². The van der Waals surface area contributed by atoms with E-state index in [0.29, 0.717) is 0 Å². The molecule has 0 aliphatic heterocycles. The van der Waals surface area contributed by atoms with Gasteiger partial charge >= 0.3 is 19.5 Å². The molecule has 0 aliphatic rings. The first-order valence-electron chi connectivity index (χ1n) is 2.94. The van der Waals surface area contributed by atoms with Crippen molar-refractivity contribution in [2.24, 2.45) is 0 Å². The van der Waals surface area contributed by atoms with Crippen LogP contribution in [0.5, 0.6) is 0 Å². The molecule has 2 rings (SSSR count). The Morgan fingerprint density at radius 3 is 2.58 bits per heavy atom. The van der Waals surface area contributed by atoms with Crippen LogP contribution in [0.2, 0.25) is 0 Å². The molecule has 1 heterocycles. The molecule has 0 unspecified atom stereocenters. The van der Waals surface area contributed by atoms with E-state index in [1.165, 1.54) is 0 Å². The molecular weight excluding hydrogens is 228 g/mol. The van der Waals surface area contributed by atoms with Crippen molar-refractivity contribution in [3.63, 3.8) is 0 Å². The van der Waals surface area contributed by atoms with Gasteiger partial charge in [-0.25, -0.2) is 0 Å². The van der Waals surface area contributed by atoms with E-state index in [9.17, 15) is 4.79 Å². The van der Waals surface area contributed by atoms with Gasteiger partial charge in [-0.15, -0.1) is 0 Å². The number of nitrogens with one attached hydrogen (secondary N) is 1. The molecule has 0 spiro atoms. The predicted octanol–water partition coefficient (Wildman–Crippen LogP) is 1.47. The first-order chi connectivity index (χ1) is 4.88. The van der Waals surface area contributed by atoms with Gasteiger partial charge in [-0.2, -0.15) is 0 Å². The zero-order valence-corrected chi connectivity index (χ0v) is 10.0. The van der Waals surface area contributed by atoms with Gasteiger partial charge in [-0.05, 0) is 23.7 Å². The van der Waals surface area contributed by atoms with Crippen LogP contribution in [0, 0.1) is 0 Å². The molecule has 0 amide bonds. The van der Waals surface area contributed by atoms with E-state index in [1.54, 1.807) is 0 Å². The Hall–Kier alpha value is -0.507. The quantitative estimate of drug-likeness (QED) is 0.687. The first kappa shape index (κ1) is 11.5. The van der Waals surface area contributed by atoms with Gasteiger partial charge in [0.15, 0.2) is 0 Å². The molecule has 5 heteroatoms. The van der Waals surface area contributed by atoms with Gasteiger partial charge in [0.05, 0.1) is 10.9 Å². The smallest absolute Gasteiger partial charge is 2.00 e. The summed E-state index contributed by atoms with van der Waals surface area (Å²) in [5, 5.41) is 0.785. The van der Waals surface area contributed by atoms with Gasteiger partial charge < -0.3 is 9.85 Å². The van der Waals surface area contributed by atoms with Crippen molar-refractivity contribution in [3.05, 3.63) is 33.8 Å². The summed E-state index contributed by atoms with van der Waals surface area (Å²) in [6, 6.07) is 7.49. The number of benzene rings is 1. The fraction of sp³-hybridized carbons (Fsp3) is 0. The van der Waals surface area contributed by atoms with Crippen LogP contribution in [-0.2, 0) is 25.0 Å². The third kappa shape index (κ3) is 1.80. The van der Waals surface area contributed by atoms with Gasteiger partial charge in [0, 0.05) is 0 Å². The topological polar surface area (TPSA) is 61.4 Å². The molecule has 0 atom stereocenters. The van der Waals surface area contributed by atoms with Gasteiger partial charge in [0.25, 0.3) is 4.74 Å². The summed E-state index contributed by atoms with van der Waals surface area (Å²) in [6.07, 6.45) is 0. The fourth-order valence-electron chi connectivity index (χ4n) is 0.906. The minimum Gasteiger partial charge on any atom is -2.00 e. The van der Waals surface area contributed by atoms with E-state index in [-0.39, 0.29) is 29.7 Å². The van der Waals surface area contributed by atoms with Crippen molar-refractivity contribution in [1.82, 2.24) is 4.37 Å². The number of para-hydroxylation sites is 1. The number of aromatic nitrogens is 1. The summed E-state index contributed by atoms with van der Waals surface area (Å²) in [5.74, 6) is 0. The summed E-state index contributed by atoms with van der Waals surface area (Å²) in [7, 11) is 0. The molecule has 1 aromatic heterocycles. The van der Waals surface area contributed by atoms with Crippen molar-refractivity contribution < 1.29 is 25.0 Å². The average molecular weight is 233 g/mol. The van der Waals surface area contributed by atoms with Crippen LogP contribution in [0.15, 0.2) is 29.1 Å². The molecule has 2 aromatic rings. The molecule has 0 radical (unpaired) electrons. The Kier molecular flexibility index (Phi) is 4.31. The molecule has 12 heavy (non-hydrogen) atoms. The normalized spacial score (nSPS) is 8.67. The van der Waals surface area contributed by atoms with Crippen LogP contribution in [0.3, 0.4) is 0 Å². The van der Waals surface area contributed by atoms with Crippen molar-refractivity contribution in [1.29, 1.82) is 0 Å². The van der Waals surface area contributed by atoms with E-state index in [0.717, 1.165) is 22.4 Å². The van der Waals surface area contributed by atoms with Gasteiger partial charge in [-0.1, -0.05) is 12.1 Å². The molecule has 0 aliphatic carbocycles. The second-order valence-corrected chi connectivity index (χ2v) is 2.82. The second kappa shape index (κ2) is 4.50. The summed E-state index contributed by atoms with van der Waals surface area (Å²) < 4.78 is 3.02. The number of rotatable bonds is 0. The number of fused-ring (bicyclic) bond motifs is 1. The van der Waals surface area contributed by atoms with Crippen molar-refractivity contribution in [3.8, 4) is 0 Å². The fourth-order valence-corrected chi connectivity index (χ4v) is 1.58. The average Bonchev–Trinajstić information content (AvgIpc) is 2.34. The standard InChI is InChI=1S/C7H5NOS.O.Zn/c9-7-5-3-1-2-4-6(5)8-10-7;;/h1-4,8H;;/q;-2;+2. The van der Waals surface area contributed by atoms with Crippen LogP contribution in [-0.4, -0.2) is 4.37 Å². The SMILES string of the molecule is O=c1s[nH]c2ccccc12.[O-2].[Zn+2]. The Bertz CT molecular complexity index is 409. The largest absolute Gasteiger partial charge is 2.00 e. The van der Waals surface area contributed by atoms with Crippen LogP contribution in [0.1, 0.15) is 0 Å². The maximum atomic E-state index is 11.0. The van der Waals surface area contributed by atoms with Crippen LogP contribution >= 0.6 is 11.5 Å². The summed E-state index contributed by atoms with van der Waals surface area (Å²) in [5.41, 5.74) is 0.928. The molecule has 1 N–H and O–H groups in total. The molecule has 3 nitrogen and oxygen atoms in total. The van der Waals surface area contributed by atoms with E-state index >= 15 is 0 Å². The van der Waals surface area contributed by atoms with E-state index < -0.39 is 0 Å². The molecular formula is C7H5NO2SZn. The second-order valence-electron chi connectivity index (χ2n) is 2.04. The maximum absolute atomic E-state index is 11.0. The number of aromatic amines is 1. The van der Waals surface area contributed by atoms with Crippen LogP contribution < -0.4 is 4.74 Å². The predicted molar refractivity (Wildman–Crippen MR) is 43.1 cm³/mol. The van der Waals surface area contributed by atoms with Crippen molar-refractivity contribution >= 4 is 22.4 Å².